The summed E-state index contributed by atoms with van der Waals surface area (Å²) in [6, 6.07) is 19.3. The fourth-order valence-electron chi connectivity index (χ4n) is 3.44. The van der Waals surface area contributed by atoms with Crippen LogP contribution >= 0.6 is 11.6 Å². The maximum absolute atomic E-state index is 13.5. The number of hydrogen-bond acceptors (Lipinski definition) is 5. The van der Waals surface area contributed by atoms with Crippen LogP contribution < -0.4 is 19.1 Å². The summed E-state index contributed by atoms with van der Waals surface area (Å²) in [6.45, 7) is 3.73. The van der Waals surface area contributed by atoms with E-state index < -0.39 is 28.5 Å². The Hall–Kier alpha value is -3.23. The molecule has 7 nitrogen and oxygen atoms in total. The highest BCUT2D eigenvalue weighted by atomic mass is 35.5. The number of carbonyl (C=O) groups is 1. The molecule has 0 unspecified atom stereocenters. The van der Waals surface area contributed by atoms with E-state index in [9.17, 15) is 13.2 Å². The minimum Gasteiger partial charge on any atom is -0.496 e. The summed E-state index contributed by atoms with van der Waals surface area (Å²) >= 11 is 5.93. The van der Waals surface area contributed by atoms with E-state index in [0.29, 0.717) is 28.8 Å². The monoisotopic (exact) mass is 502 g/mol. The normalized spacial score (nSPS) is 12.0. The summed E-state index contributed by atoms with van der Waals surface area (Å²) in [5.74, 6) is 0.765. The Morgan fingerprint density at radius 1 is 1.03 bits per heavy atom. The van der Waals surface area contributed by atoms with Crippen molar-refractivity contribution in [3.63, 3.8) is 0 Å². The molecular formula is C25H27ClN2O5S. The third kappa shape index (κ3) is 6.01. The van der Waals surface area contributed by atoms with E-state index >= 15 is 0 Å². The number of ether oxygens (including phenoxy) is 2. The molecular weight excluding hydrogens is 476 g/mol. The molecule has 0 saturated heterocycles. The molecule has 0 aliphatic rings. The summed E-state index contributed by atoms with van der Waals surface area (Å²) < 4.78 is 38.9. The van der Waals surface area contributed by atoms with Gasteiger partial charge in [0.05, 0.1) is 30.3 Å². The summed E-state index contributed by atoms with van der Waals surface area (Å²) in [5.41, 5.74) is 1.12. The van der Waals surface area contributed by atoms with Crippen LogP contribution in [0.15, 0.2) is 77.7 Å². The smallest absolute Gasteiger partial charge is 0.264 e. The van der Waals surface area contributed by atoms with Crippen molar-refractivity contribution in [2.75, 3.05) is 24.6 Å². The predicted molar refractivity (Wildman–Crippen MR) is 133 cm³/mol. The van der Waals surface area contributed by atoms with Gasteiger partial charge >= 0.3 is 0 Å². The van der Waals surface area contributed by atoms with Crippen molar-refractivity contribution in [3.8, 4) is 11.5 Å². The highest BCUT2D eigenvalue weighted by Gasteiger charge is 2.28. The van der Waals surface area contributed by atoms with Crippen LogP contribution in [0.1, 0.15) is 25.5 Å². The summed E-state index contributed by atoms with van der Waals surface area (Å²) in [6.07, 6.45) is 0. The lowest BCUT2D eigenvalue weighted by molar-refractivity contribution is -0.120. The fourth-order valence-corrected chi connectivity index (χ4v) is 4.99. The van der Waals surface area contributed by atoms with Gasteiger partial charge in [0.15, 0.2) is 0 Å². The molecule has 1 amide bonds. The van der Waals surface area contributed by atoms with Gasteiger partial charge in [-0.05, 0) is 68.4 Å². The maximum Gasteiger partial charge on any atom is 0.264 e. The molecule has 0 bridgehead atoms. The van der Waals surface area contributed by atoms with Gasteiger partial charge in [-0.1, -0.05) is 29.8 Å². The van der Waals surface area contributed by atoms with Crippen LogP contribution in [0.4, 0.5) is 5.69 Å². The van der Waals surface area contributed by atoms with E-state index in [4.69, 9.17) is 21.1 Å². The number of anilines is 1. The van der Waals surface area contributed by atoms with Gasteiger partial charge in [-0.15, -0.1) is 0 Å². The Balaban J connectivity index is 1.90. The summed E-state index contributed by atoms with van der Waals surface area (Å²) in [5, 5.41) is 3.28. The first-order chi connectivity index (χ1) is 16.3. The van der Waals surface area contributed by atoms with Crippen LogP contribution in [-0.4, -0.2) is 34.6 Å². The average Bonchev–Trinajstić information content (AvgIpc) is 2.83. The zero-order chi connectivity index (χ0) is 24.7. The van der Waals surface area contributed by atoms with Gasteiger partial charge in [-0.2, -0.15) is 0 Å². The molecule has 3 aromatic rings. The zero-order valence-electron chi connectivity index (χ0n) is 19.2. The number of hydrogen-bond donors (Lipinski definition) is 1. The van der Waals surface area contributed by atoms with Crippen LogP contribution in [0.3, 0.4) is 0 Å². The average molecular weight is 503 g/mol. The third-order valence-electron chi connectivity index (χ3n) is 5.11. The SMILES string of the molecule is CCOc1ccc(N(CC(=O)N[C@H](C)c2ccccc2OC)S(=O)(=O)c2ccc(Cl)cc2)cc1. The van der Waals surface area contributed by atoms with E-state index in [2.05, 4.69) is 5.32 Å². The lowest BCUT2D eigenvalue weighted by atomic mass is 10.1. The molecule has 3 rings (SSSR count). The summed E-state index contributed by atoms with van der Waals surface area (Å²) in [7, 11) is -2.50. The number of nitrogens with zero attached hydrogens (tertiary/aromatic N) is 1. The largest absolute Gasteiger partial charge is 0.496 e. The molecule has 1 atom stereocenters. The van der Waals surface area contributed by atoms with E-state index in [1.165, 1.54) is 24.3 Å². The van der Waals surface area contributed by atoms with Crippen molar-refractivity contribution in [2.45, 2.75) is 24.8 Å². The van der Waals surface area contributed by atoms with Gasteiger partial charge in [-0.3, -0.25) is 9.10 Å². The second-order valence-electron chi connectivity index (χ2n) is 7.42. The van der Waals surface area contributed by atoms with E-state index in [1.54, 1.807) is 37.4 Å². The van der Waals surface area contributed by atoms with Gasteiger partial charge in [-0.25, -0.2) is 8.42 Å². The van der Waals surface area contributed by atoms with Crippen molar-refractivity contribution in [3.05, 3.63) is 83.4 Å². The van der Waals surface area contributed by atoms with E-state index in [0.717, 1.165) is 9.87 Å². The molecule has 0 fully saturated rings. The lowest BCUT2D eigenvalue weighted by Crippen LogP contribution is -2.41. The van der Waals surface area contributed by atoms with Crippen molar-refractivity contribution in [1.82, 2.24) is 5.32 Å². The van der Waals surface area contributed by atoms with Crippen LogP contribution in [0.25, 0.3) is 0 Å². The molecule has 0 spiro atoms. The topological polar surface area (TPSA) is 84.9 Å². The van der Waals surface area contributed by atoms with Gasteiger partial charge < -0.3 is 14.8 Å². The zero-order valence-corrected chi connectivity index (χ0v) is 20.8. The molecule has 0 saturated carbocycles. The van der Waals surface area contributed by atoms with Crippen LogP contribution in [0.2, 0.25) is 5.02 Å². The number of para-hydroxylation sites is 1. The first-order valence-electron chi connectivity index (χ1n) is 10.7. The van der Waals surface area contributed by atoms with E-state index in [1.807, 2.05) is 32.0 Å². The van der Waals surface area contributed by atoms with Crippen molar-refractivity contribution in [2.24, 2.45) is 0 Å². The number of methoxy groups -OCH3 is 1. The number of amides is 1. The van der Waals surface area contributed by atoms with Gasteiger partial charge in [0.25, 0.3) is 10.0 Å². The van der Waals surface area contributed by atoms with Crippen LogP contribution in [0.5, 0.6) is 11.5 Å². The van der Waals surface area contributed by atoms with Crippen LogP contribution in [-0.2, 0) is 14.8 Å². The Morgan fingerprint density at radius 2 is 1.68 bits per heavy atom. The fraction of sp³-hybridized carbons (Fsp3) is 0.240. The number of sulfonamides is 1. The lowest BCUT2D eigenvalue weighted by Gasteiger charge is -2.25. The molecule has 0 aliphatic heterocycles. The summed E-state index contributed by atoms with van der Waals surface area (Å²) in [4.78, 5) is 13.0. The molecule has 0 heterocycles. The maximum atomic E-state index is 13.5. The van der Waals surface area contributed by atoms with Gasteiger partial charge in [0.1, 0.15) is 18.0 Å². The molecule has 180 valence electrons. The first kappa shape index (κ1) is 25.4. The molecule has 0 radical (unpaired) electrons. The van der Waals surface area contributed by atoms with Gasteiger partial charge in [0, 0.05) is 10.6 Å². The Bertz CT molecular complexity index is 1210. The molecule has 9 heteroatoms. The highest BCUT2D eigenvalue weighted by Crippen LogP contribution is 2.28. The Kier molecular flexibility index (Phi) is 8.41. The molecule has 34 heavy (non-hydrogen) atoms. The second kappa shape index (κ2) is 11.3. The molecule has 0 aliphatic carbocycles. The standard InChI is InChI=1S/C25H27ClN2O5S/c1-4-33-21-13-11-20(12-14-21)28(34(30,31)22-15-9-19(26)10-16-22)17-25(29)27-18(2)23-7-5-6-8-24(23)32-3/h5-16,18H,4,17H2,1-3H3,(H,27,29)/t18-/m1/s1. The molecule has 1 N–H and O–H groups in total. The third-order valence-corrected chi connectivity index (χ3v) is 7.15. The number of carbonyl (C=O) groups excluding carboxylic acids is 1. The quantitative estimate of drug-likeness (QED) is 0.429. The Morgan fingerprint density at radius 3 is 2.29 bits per heavy atom. The number of nitrogens with one attached hydrogen (secondary N) is 1. The van der Waals surface area contributed by atoms with Crippen molar-refractivity contribution in [1.29, 1.82) is 0 Å². The minimum absolute atomic E-state index is 0.0244. The molecule has 0 aromatic heterocycles. The second-order valence-corrected chi connectivity index (χ2v) is 9.72. The Labute approximate surface area is 205 Å². The first-order valence-corrected chi connectivity index (χ1v) is 12.5. The number of halogens is 1. The van der Waals surface area contributed by atoms with Crippen molar-refractivity contribution < 1.29 is 22.7 Å². The number of benzene rings is 3. The van der Waals surface area contributed by atoms with Crippen molar-refractivity contribution >= 4 is 33.2 Å². The minimum atomic E-state index is -4.06. The number of rotatable bonds is 10. The van der Waals surface area contributed by atoms with E-state index in [-0.39, 0.29) is 4.90 Å². The molecule has 3 aromatic carbocycles. The predicted octanol–water partition coefficient (Wildman–Crippen LogP) is 4.82. The highest BCUT2D eigenvalue weighted by molar-refractivity contribution is 7.92. The van der Waals surface area contributed by atoms with Gasteiger partial charge in [0.2, 0.25) is 5.91 Å². The van der Waals surface area contributed by atoms with Crippen LogP contribution in [0, 0.1) is 0 Å².